The highest BCUT2D eigenvalue weighted by Gasteiger charge is 2.21. The second-order valence-corrected chi connectivity index (χ2v) is 11.7. The molecule has 2 amide bonds. The largest absolute Gasteiger partial charge is 0.481 e. The average Bonchev–Trinajstić information content (AvgIpc) is 3.33. The SMILES string of the molecule is C[C@@H](CCNC(=O)c1csc(SCC(=O)NC[C@H]2CN(Cc3ccc(Cl)c(Cl)c3)CCO2)n1)CC(=O)O.Cl. The molecule has 0 bridgehead atoms. The van der Waals surface area contributed by atoms with Crippen molar-refractivity contribution in [3.63, 3.8) is 0 Å². The Morgan fingerprint density at radius 1 is 1.29 bits per heavy atom. The Bertz CT molecular complexity index is 1090. The van der Waals surface area contributed by atoms with Crippen molar-refractivity contribution >= 4 is 76.5 Å². The summed E-state index contributed by atoms with van der Waals surface area (Å²) in [6, 6.07) is 5.61. The molecule has 2 atom stereocenters. The number of nitrogens with zero attached hydrogens (tertiary/aromatic N) is 2. The number of hydrogen-bond acceptors (Lipinski definition) is 8. The molecule has 2 aromatic rings. The topological polar surface area (TPSA) is 121 Å². The summed E-state index contributed by atoms with van der Waals surface area (Å²) in [4.78, 5) is 41.9. The maximum absolute atomic E-state index is 12.4. The van der Waals surface area contributed by atoms with Gasteiger partial charge in [0.2, 0.25) is 5.91 Å². The van der Waals surface area contributed by atoms with Gasteiger partial charge in [-0.15, -0.1) is 23.7 Å². The molecular formula is C24H31Cl3N4O5S2. The third kappa shape index (κ3) is 11.3. The molecule has 1 aromatic heterocycles. The van der Waals surface area contributed by atoms with Crippen molar-refractivity contribution in [2.75, 3.05) is 38.5 Å². The molecule has 1 aliphatic rings. The Morgan fingerprint density at radius 2 is 2.08 bits per heavy atom. The number of carbonyl (C=O) groups excluding carboxylic acids is 2. The van der Waals surface area contributed by atoms with Crippen LogP contribution in [0.1, 0.15) is 35.8 Å². The van der Waals surface area contributed by atoms with E-state index in [1.807, 2.05) is 19.1 Å². The molecule has 210 valence electrons. The first-order valence-electron chi connectivity index (χ1n) is 11.8. The van der Waals surface area contributed by atoms with Crippen LogP contribution in [0.3, 0.4) is 0 Å². The molecule has 3 rings (SSSR count). The maximum Gasteiger partial charge on any atom is 0.303 e. The van der Waals surface area contributed by atoms with Gasteiger partial charge in [-0.2, -0.15) is 0 Å². The molecule has 38 heavy (non-hydrogen) atoms. The fraction of sp³-hybridized carbons (Fsp3) is 0.500. The van der Waals surface area contributed by atoms with E-state index in [9.17, 15) is 14.4 Å². The van der Waals surface area contributed by atoms with Crippen LogP contribution in [0.15, 0.2) is 27.9 Å². The van der Waals surface area contributed by atoms with Crippen molar-refractivity contribution in [1.29, 1.82) is 0 Å². The summed E-state index contributed by atoms with van der Waals surface area (Å²) in [5.74, 6) is -1.14. The van der Waals surface area contributed by atoms with Crippen molar-refractivity contribution in [3.8, 4) is 0 Å². The van der Waals surface area contributed by atoms with E-state index in [2.05, 4.69) is 20.5 Å². The molecule has 0 saturated carbocycles. The minimum Gasteiger partial charge on any atom is -0.481 e. The quantitative estimate of drug-likeness (QED) is 0.283. The van der Waals surface area contributed by atoms with E-state index in [-0.39, 0.29) is 54.1 Å². The van der Waals surface area contributed by atoms with Crippen molar-refractivity contribution in [3.05, 3.63) is 44.9 Å². The summed E-state index contributed by atoms with van der Waals surface area (Å²) in [5.41, 5.74) is 1.36. The van der Waals surface area contributed by atoms with Crippen LogP contribution in [0.25, 0.3) is 0 Å². The second-order valence-electron chi connectivity index (χ2n) is 8.82. The summed E-state index contributed by atoms with van der Waals surface area (Å²) in [7, 11) is 0. The Kier molecular flexibility index (Phi) is 14.2. The molecular weight excluding hydrogens is 595 g/mol. The van der Waals surface area contributed by atoms with E-state index >= 15 is 0 Å². The van der Waals surface area contributed by atoms with Gasteiger partial charge in [0.05, 0.1) is 28.5 Å². The molecule has 1 saturated heterocycles. The highest BCUT2D eigenvalue weighted by atomic mass is 35.5. The standard InChI is InChI=1S/C24H30Cl2N4O5S2.ClH/c1-15(8-22(32)33)4-5-27-23(34)20-13-36-24(29-20)37-14-21(31)28-10-17-12-30(6-7-35-17)11-16-2-3-18(25)19(26)9-16;/h2-3,9,13,15,17H,4-8,10-12,14H2,1H3,(H,27,34)(H,28,31)(H,32,33);1H/t15-,17-;/m0./s1. The number of carboxylic acid groups (broad SMARTS) is 1. The zero-order chi connectivity index (χ0) is 26.8. The Morgan fingerprint density at radius 3 is 2.82 bits per heavy atom. The highest BCUT2D eigenvalue weighted by molar-refractivity contribution is 8.01. The molecule has 0 spiro atoms. The minimum absolute atomic E-state index is 0. The van der Waals surface area contributed by atoms with E-state index in [0.717, 1.165) is 18.7 Å². The van der Waals surface area contributed by atoms with Gasteiger partial charge in [-0.1, -0.05) is 48.0 Å². The number of rotatable bonds is 13. The molecule has 1 fully saturated rings. The number of aromatic nitrogens is 1. The summed E-state index contributed by atoms with van der Waals surface area (Å²) in [6.45, 7) is 5.40. The zero-order valence-corrected chi connectivity index (χ0v) is 24.7. The van der Waals surface area contributed by atoms with E-state index in [4.69, 9.17) is 33.0 Å². The molecule has 14 heteroatoms. The number of carbonyl (C=O) groups is 3. The molecule has 2 heterocycles. The highest BCUT2D eigenvalue weighted by Crippen LogP contribution is 2.24. The normalized spacial score (nSPS) is 16.3. The van der Waals surface area contributed by atoms with E-state index in [1.54, 1.807) is 11.4 Å². The van der Waals surface area contributed by atoms with Gasteiger partial charge in [-0.05, 0) is 30.0 Å². The average molecular weight is 626 g/mol. The van der Waals surface area contributed by atoms with Crippen molar-refractivity contribution in [2.24, 2.45) is 5.92 Å². The monoisotopic (exact) mass is 624 g/mol. The predicted octanol–water partition coefficient (Wildman–Crippen LogP) is 4.21. The Balaban J connectivity index is 0.00000507. The summed E-state index contributed by atoms with van der Waals surface area (Å²) in [5, 5.41) is 17.2. The maximum atomic E-state index is 12.4. The Labute approximate surface area is 246 Å². The van der Waals surface area contributed by atoms with Crippen LogP contribution in [0.4, 0.5) is 0 Å². The van der Waals surface area contributed by atoms with Crippen LogP contribution >= 0.6 is 58.7 Å². The van der Waals surface area contributed by atoms with Crippen LogP contribution in [0, 0.1) is 5.92 Å². The molecule has 0 aliphatic carbocycles. The lowest BCUT2D eigenvalue weighted by atomic mass is 10.0. The van der Waals surface area contributed by atoms with Gasteiger partial charge in [0.15, 0.2) is 4.34 Å². The number of aliphatic carboxylic acids is 1. The first kappa shape index (κ1) is 32.6. The number of thiazole rings is 1. The molecule has 1 aromatic carbocycles. The third-order valence-electron chi connectivity index (χ3n) is 5.63. The fourth-order valence-electron chi connectivity index (χ4n) is 3.70. The number of benzene rings is 1. The lowest BCUT2D eigenvalue weighted by Gasteiger charge is -2.33. The number of hydrogen-bond donors (Lipinski definition) is 3. The lowest BCUT2D eigenvalue weighted by molar-refractivity contribution is -0.138. The van der Waals surface area contributed by atoms with Crippen LogP contribution < -0.4 is 10.6 Å². The van der Waals surface area contributed by atoms with Crippen LogP contribution in [-0.2, 0) is 20.9 Å². The van der Waals surface area contributed by atoms with Gasteiger partial charge in [-0.25, -0.2) is 4.98 Å². The van der Waals surface area contributed by atoms with Crippen molar-refractivity contribution in [1.82, 2.24) is 20.5 Å². The molecule has 3 N–H and O–H groups in total. The van der Waals surface area contributed by atoms with Gasteiger partial charge in [-0.3, -0.25) is 19.3 Å². The number of thioether (sulfide) groups is 1. The fourth-order valence-corrected chi connectivity index (χ4v) is 5.66. The first-order chi connectivity index (χ1) is 17.7. The van der Waals surface area contributed by atoms with Crippen LogP contribution in [0.2, 0.25) is 10.0 Å². The molecule has 0 unspecified atom stereocenters. The molecule has 0 radical (unpaired) electrons. The van der Waals surface area contributed by atoms with E-state index in [1.165, 1.54) is 23.1 Å². The molecule has 1 aliphatic heterocycles. The Hall–Kier alpha value is -1.60. The smallest absolute Gasteiger partial charge is 0.303 e. The first-order valence-corrected chi connectivity index (χ1v) is 14.4. The summed E-state index contributed by atoms with van der Waals surface area (Å²) < 4.78 is 6.43. The number of ether oxygens (including phenoxy) is 1. The van der Waals surface area contributed by atoms with Gasteiger partial charge in [0, 0.05) is 44.5 Å². The van der Waals surface area contributed by atoms with E-state index < -0.39 is 5.97 Å². The summed E-state index contributed by atoms with van der Waals surface area (Å²) in [6.07, 6.45) is 0.528. The number of amides is 2. The van der Waals surface area contributed by atoms with Gasteiger partial charge in [0.25, 0.3) is 5.91 Å². The number of morpholine rings is 1. The zero-order valence-electron chi connectivity index (χ0n) is 20.8. The van der Waals surface area contributed by atoms with Crippen molar-refractivity contribution < 1.29 is 24.2 Å². The number of halogens is 3. The van der Waals surface area contributed by atoms with Crippen molar-refractivity contribution in [2.45, 2.75) is 36.8 Å². The molecule has 9 nitrogen and oxygen atoms in total. The van der Waals surface area contributed by atoms with Gasteiger partial charge >= 0.3 is 5.97 Å². The van der Waals surface area contributed by atoms with Crippen LogP contribution in [-0.4, -0.2) is 77.4 Å². The van der Waals surface area contributed by atoms with Gasteiger partial charge in [0.1, 0.15) is 5.69 Å². The van der Waals surface area contributed by atoms with Gasteiger partial charge < -0.3 is 20.5 Å². The third-order valence-corrected chi connectivity index (χ3v) is 8.39. The van der Waals surface area contributed by atoms with E-state index in [0.29, 0.717) is 47.0 Å². The predicted molar refractivity (Wildman–Crippen MR) is 153 cm³/mol. The minimum atomic E-state index is -0.850. The second kappa shape index (κ2) is 16.5. The number of carboxylic acids is 1. The summed E-state index contributed by atoms with van der Waals surface area (Å²) >= 11 is 14.7. The lowest BCUT2D eigenvalue weighted by Crippen LogP contribution is -2.47. The number of nitrogens with one attached hydrogen (secondary N) is 2. The van der Waals surface area contributed by atoms with Crippen LogP contribution in [0.5, 0.6) is 0 Å².